The standard InChI is InChI=1S/C32H34N4O2/c1-21(2)20-35(32(38)34-27-18-11-14-24-13-6-7-15-25(24)27)23(4)30-33-28-17-9-8-16-26(28)31(37)36(30)29-19-10-5-12-22(29)3/h5-19,21,23,30,33H,20H2,1-4H3,(H,34,38). The van der Waals surface area contributed by atoms with E-state index in [0.29, 0.717) is 12.1 Å². The van der Waals surface area contributed by atoms with E-state index in [9.17, 15) is 9.59 Å². The average Bonchev–Trinajstić information content (AvgIpc) is 2.92. The van der Waals surface area contributed by atoms with Crippen molar-refractivity contribution in [3.8, 4) is 0 Å². The average molecular weight is 507 g/mol. The van der Waals surface area contributed by atoms with E-state index in [1.165, 1.54) is 0 Å². The van der Waals surface area contributed by atoms with Crippen molar-refractivity contribution in [2.75, 3.05) is 22.1 Å². The maximum Gasteiger partial charge on any atom is 0.322 e. The molecule has 3 amide bonds. The van der Waals surface area contributed by atoms with Gasteiger partial charge in [0.15, 0.2) is 0 Å². The van der Waals surface area contributed by atoms with E-state index < -0.39 is 6.17 Å². The Morgan fingerprint density at radius 3 is 2.39 bits per heavy atom. The Morgan fingerprint density at radius 1 is 0.921 bits per heavy atom. The highest BCUT2D eigenvalue weighted by molar-refractivity contribution is 6.12. The van der Waals surface area contributed by atoms with Crippen molar-refractivity contribution in [1.82, 2.24) is 4.90 Å². The third kappa shape index (κ3) is 4.82. The zero-order chi connectivity index (χ0) is 26.8. The number of urea groups is 1. The van der Waals surface area contributed by atoms with Crippen molar-refractivity contribution in [2.45, 2.75) is 39.9 Å². The second-order valence-corrected chi connectivity index (χ2v) is 10.3. The summed E-state index contributed by atoms with van der Waals surface area (Å²) < 4.78 is 0. The molecule has 194 valence electrons. The molecule has 0 fully saturated rings. The lowest BCUT2D eigenvalue weighted by Crippen LogP contribution is -2.61. The van der Waals surface area contributed by atoms with Crippen LogP contribution in [0.4, 0.5) is 21.9 Å². The van der Waals surface area contributed by atoms with E-state index in [4.69, 9.17) is 0 Å². The molecule has 0 spiro atoms. The quantitative estimate of drug-likeness (QED) is 0.292. The highest BCUT2D eigenvalue weighted by atomic mass is 16.2. The van der Waals surface area contributed by atoms with Gasteiger partial charge in [-0.3, -0.25) is 9.69 Å². The Morgan fingerprint density at radius 2 is 1.61 bits per heavy atom. The van der Waals surface area contributed by atoms with Gasteiger partial charge >= 0.3 is 6.03 Å². The first-order chi connectivity index (χ1) is 18.3. The molecule has 0 radical (unpaired) electrons. The Balaban J connectivity index is 1.53. The SMILES string of the molecule is Cc1ccccc1N1C(=O)c2ccccc2NC1C(C)N(CC(C)C)C(=O)Nc1cccc2ccccc12. The monoisotopic (exact) mass is 506 g/mol. The molecule has 4 aromatic carbocycles. The van der Waals surface area contributed by atoms with Crippen LogP contribution in [0, 0.1) is 12.8 Å². The van der Waals surface area contributed by atoms with Gasteiger partial charge < -0.3 is 15.5 Å². The van der Waals surface area contributed by atoms with Crippen LogP contribution in [0.3, 0.4) is 0 Å². The van der Waals surface area contributed by atoms with Gasteiger partial charge in [-0.2, -0.15) is 0 Å². The molecule has 4 aromatic rings. The van der Waals surface area contributed by atoms with Crippen LogP contribution in [0.15, 0.2) is 91.0 Å². The highest BCUT2D eigenvalue weighted by Gasteiger charge is 2.40. The largest absolute Gasteiger partial charge is 0.362 e. The summed E-state index contributed by atoms with van der Waals surface area (Å²) >= 11 is 0. The van der Waals surface area contributed by atoms with E-state index in [-0.39, 0.29) is 23.9 Å². The molecule has 1 heterocycles. The van der Waals surface area contributed by atoms with E-state index in [2.05, 4.69) is 24.5 Å². The highest BCUT2D eigenvalue weighted by Crippen LogP contribution is 2.34. The molecule has 0 saturated carbocycles. The maximum atomic E-state index is 13.9. The minimum atomic E-state index is -0.462. The fourth-order valence-electron chi connectivity index (χ4n) is 5.22. The number of hydrogen-bond donors (Lipinski definition) is 2. The zero-order valence-corrected chi connectivity index (χ0v) is 22.3. The van der Waals surface area contributed by atoms with Crippen LogP contribution < -0.4 is 15.5 Å². The Hall–Kier alpha value is -4.32. The lowest BCUT2D eigenvalue weighted by molar-refractivity contribution is 0.0954. The lowest BCUT2D eigenvalue weighted by Gasteiger charge is -2.45. The molecular weight excluding hydrogens is 472 g/mol. The van der Waals surface area contributed by atoms with Crippen molar-refractivity contribution in [2.24, 2.45) is 5.92 Å². The predicted octanol–water partition coefficient (Wildman–Crippen LogP) is 7.13. The molecule has 38 heavy (non-hydrogen) atoms. The number of fused-ring (bicyclic) bond motifs is 2. The van der Waals surface area contributed by atoms with Crippen LogP contribution in [-0.4, -0.2) is 35.6 Å². The maximum absolute atomic E-state index is 13.9. The molecule has 2 N–H and O–H groups in total. The fraction of sp³-hybridized carbons (Fsp3) is 0.250. The zero-order valence-electron chi connectivity index (χ0n) is 22.3. The Kier molecular flexibility index (Phi) is 7.05. The lowest BCUT2D eigenvalue weighted by atomic mass is 10.0. The normalized spacial score (nSPS) is 15.7. The van der Waals surface area contributed by atoms with Gasteiger partial charge in [-0.1, -0.05) is 80.6 Å². The summed E-state index contributed by atoms with van der Waals surface area (Å²) in [6, 6.07) is 28.8. The third-order valence-corrected chi connectivity index (χ3v) is 7.14. The van der Waals surface area contributed by atoms with E-state index in [1.807, 2.05) is 110 Å². The van der Waals surface area contributed by atoms with E-state index in [1.54, 1.807) is 4.90 Å². The van der Waals surface area contributed by atoms with E-state index in [0.717, 1.165) is 33.4 Å². The summed E-state index contributed by atoms with van der Waals surface area (Å²) in [5, 5.41) is 8.80. The van der Waals surface area contributed by atoms with Crippen LogP contribution in [0.5, 0.6) is 0 Å². The van der Waals surface area contributed by atoms with E-state index >= 15 is 0 Å². The molecule has 0 bridgehead atoms. The number of carbonyl (C=O) groups is 2. The first kappa shape index (κ1) is 25.3. The van der Waals surface area contributed by atoms with Gasteiger partial charge in [-0.15, -0.1) is 0 Å². The Labute approximate surface area is 224 Å². The second-order valence-electron chi connectivity index (χ2n) is 10.3. The second kappa shape index (κ2) is 10.6. The van der Waals surface area contributed by atoms with Crippen molar-refractivity contribution >= 4 is 39.8 Å². The van der Waals surface area contributed by atoms with Crippen molar-refractivity contribution in [3.63, 3.8) is 0 Å². The van der Waals surface area contributed by atoms with Crippen LogP contribution >= 0.6 is 0 Å². The number of carbonyl (C=O) groups excluding carboxylic acids is 2. The van der Waals surface area contributed by atoms with Crippen molar-refractivity contribution in [1.29, 1.82) is 0 Å². The first-order valence-electron chi connectivity index (χ1n) is 13.2. The van der Waals surface area contributed by atoms with Gasteiger partial charge in [0.1, 0.15) is 6.17 Å². The summed E-state index contributed by atoms with van der Waals surface area (Å²) in [5.74, 6) is 0.152. The molecule has 1 aliphatic heterocycles. The fourth-order valence-corrected chi connectivity index (χ4v) is 5.22. The smallest absolute Gasteiger partial charge is 0.322 e. The molecular formula is C32H34N4O2. The minimum Gasteiger partial charge on any atom is -0.362 e. The topological polar surface area (TPSA) is 64.7 Å². The number of anilines is 3. The van der Waals surface area contributed by atoms with Gasteiger partial charge in [-0.25, -0.2) is 4.79 Å². The van der Waals surface area contributed by atoms with Gasteiger partial charge in [0.25, 0.3) is 5.91 Å². The Bertz CT molecular complexity index is 1480. The number of rotatable bonds is 6. The molecule has 5 rings (SSSR count). The molecule has 6 heteroatoms. The van der Waals surface area contributed by atoms with Crippen LogP contribution in [-0.2, 0) is 0 Å². The molecule has 2 unspecified atom stereocenters. The molecule has 0 saturated heterocycles. The number of amides is 3. The molecule has 2 atom stereocenters. The summed E-state index contributed by atoms with van der Waals surface area (Å²) in [7, 11) is 0. The summed E-state index contributed by atoms with van der Waals surface area (Å²) in [4.78, 5) is 31.5. The third-order valence-electron chi connectivity index (χ3n) is 7.14. The van der Waals surface area contributed by atoms with Gasteiger partial charge in [0.2, 0.25) is 0 Å². The van der Waals surface area contributed by atoms with Gasteiger partial charge in [0, 0.05) is 23.3 Å². The molecule has 0 aromatic heterocycles. The molecule has 6 nitrogen and oxygen atoms in total. The molecule has 0 aliphatic carbocycles. The summed E-state index contributed by atoms with van der Waals surface area (Å²) in [5.41, 5.74) is 3.99. The first-order valence-corrected chi connectivity index (χ1v) is 13.2. The summed E-state index contributed by atoms with van der Waals surface area (Å²) in [6.45, 7) is 8.74. The number of benzene rings is 4. The van der Waals surface area contributed by atoms with Crippen LogP contribution in [0.25, 0.3) is 10.8 Å². The van der Waals surface area contributed by atoms with Gasteiger partial charge in [-0.05, 0) is 55.0 Å². The summed E-state index contributed by atoms with van der Waals surface area (Å²) in [6.07, 6.45) is -0.462. The molecule has 1 aliphatic rings. The van der Waals surface area contributed by atoms with Crippen molar-refractivity contribution in [3.05, 3.63) is 102 Å². The number of para-hydroxylation sites is 2. The number of aryl methyl sites for hydroxylation is 1. The van der Waals surface area contributed by atoms with Crippen LogP contribution in [0.2, 0.25) is 0 Å². The number of nitrogens with zero attached hydrogens (tertiary/aromatic N) is 2. The van der Waals surface area contributed by atoms with Crippen molar-refractivity contribution < 1.29 is 9.59 Å². The van der Waals surface area contributed by atoms with Gasteiger partial charge in [0.05, 0.1) is 17.3 Å². The number of nitrogens with one attached hydrogen (secondary N) is 2. The predicted molar refractivity (Wildman–Crippen MR) is 156 cm³/mol. The number of hydrogen-bond acceptors (Lipinski definition) is 3. The minimum absolute atomic E-state index is 0.0792. The van der Waals surface area contributed by atoms with Crippen LogP contribution in [0.1, 0.15) is 36.7 Å².